The zero-order valence-corrected chi connectivity index (χ0v) is 16.3. The molecule has 0 bridgehead atoms. The van der Waals surface area contributed by atoms with Crippen LogP contribution in [0.5, 0.6) is 0 Å². The number of thioether (sulfide) groups is 1. The summed E-state index contributed by atoms with van der Waals surface area (Å²) in [6.07, 6.45) is 1.68. The van der Waals surface area contributed by atoms with Gasteiger partial charge in [-0.3, -0.25) is 19.3 Å². The first kappa shape index (κ1) is 19.0. The summed E-state index contributed by atoms with van der Waals surface area (Å²) in [6.45, 7) is 0.206. The van der Waals surface area contributed by atoms with Gasteiger partial charge < -0.3 is 5.32 Å². The number of carbonyl (C=O) groups is 3. The van der Waals surface area contributed by atoms with Crippen LogP contribution in [0.3, 0.4) is 0 Å². The summed E-state index contributed by atoms with van der Waals surface area (Å²) in [5.41, 5.74) is 1.12. The number of hydrogen-bond acceptors (Lipinski definition) is 5. The molecule has 0 unspecified atom stereocenters. The molecular weight excluding hydrogens is 415 g/mol. The molecule has 1 aliphatic heterocycles. The molecule has 9 heteroatoms. The average Bonchev–Trinajstić information content (AvgIpc) is 3.08. The number of rotatable bonds is 5. The average molecular weight is 427 g/mol. The monoisotopic (exact) mass is 426 g/mol. The molecule has 0 spiro atoms. The summed E-state index contributed by atoms with van der Waals surface area (Å²) in [4.78, 5) is 38.0. The molecule has 1 N–H and O–H groups in total. The van der Waals surface area contributed by atoms with Crippen molar-refractivity contribution in [2.45, 2.75) is 0 Å². The maximum atomic E-state index is 12.4. The number of nitrogens with zero attached hydrogens (tertiary/aromatic N) is 1. The molecule has 0 radical (unpaired) electrons. The van der Waals surface area contributed by atoms with Crippen molar-refractivity contribution in [1.82, 2.24) is 10.2 Å². The molecule has 1 aromatic heterocycles. The van der Waals surface area contributed by atoms with E-state index in [-0.39, 0.29) is 29.8 Å². The molecule has 3 amide bonds. The standard InChI is InChI=1S/C17H12Cl2N2O3S2/c18-13-9-11(14(19)26-13)15(22)20-6-7-21-16(23)12(25-17(21)24)8-10-4-2-1-3-5-10/h1-5,8-9H,6-7H2,(H,20,22)/b12-8-. The summed E-state index contributed by atoms with van der Waals surface area (Å²) in [5.74, 6) is -0.764. The van der Waals surface area contributed by atoms with Crippen molar-refractivity contribution >= 4 is 69.4 Å². The van der Waals surface area contributed by atoms with Gasteiger partial charge in [-0.15, -0.1) is 11.3 Å². The Balaban J connectivity index is 1.59. The Morgan fingerprint density at radius 3 is 2.58 bits per heavy atom. The van der Waals surface area contributed by atoms with E-state index >= 15 is 0 Å². The molecule has 3 rings (SSSR count). The first-order valence-corrected chi connectivity index (χ1v) is 9.88. The van der Waals surface area contributed by atoms with Gasteiger partial charge in [-0.2, -0.15) is 0 Å². The Bertz CT molecular complexity index is 897. The molecule has 5 nitrogen and oxygen atoms in total. The van der Waals surface area contributed by atoms with Crippen molar-refractivity contribution in [2.75, 3.05) is 13.1 Å². The Morgan fingerprint density at radius 2 is 1.92 bits per heavy atom. The quantitative estimate of drug-likeness (QED) is 0.713. The van der Waals surface area contributed by atoms with Crippen LogP contribution in [-0.2, 0) is 4.79 Å². The second-order valence-electron chi connectivity index (χ2n) is 5.24. The molecule has 1 aliphatic rings. The number of benzene rings is 1. The van der Waals surface area contributed by atoms with Crippen LogP contribution >= 0.6 is 46.3 Å². The third-order valence-corrected chi connectivity index (χ3v) is 5.89. The lowest BCUT2D eigenvalue weighted by atomic mass is 10.2. The van der Waals surface area contributed by atoms with E-state index in [0.29, 0.717) is 13.6 Å². The van der Waals surface area contributed by atoms with Gasteiger partial charge in [0.25, 0.3) is 17.1 Å². The van der Waals surface area contributed by atoms with Crippen LogP contribution in [0.4, 0.5) is 4.79 Å². The lowest BCUT2D eigenvalue weighted by molar-refractivity contribution is -0.122. The molecule has 0 aliphatic carbocycles. The maximum absolute atomic E-state index is 12.4. The number of halogens is 2. The van der Waals surface area contributed by atoms with Crippen molar-refractivity contribution < 1.29 is 14.4 Å². The van der Waals surface area contributed by atoms with Gasteiger partial charge in [0.1, 0.15) is 4.34 Å². The summed E-state index contributed by atoms with van der Waals surface area (Å²) >= 11 is 13.7. The Labute approximate surface area is 168 Å². The third kappa shape index (κ3) is 4.29. The number of hydrogen-bond donors (Lipinski definition) is 1. The fraction of sp³-hybridized carbons (Fsp3) is 0.118. The fourth-order valence-electron chi connectivity index (χ4n) is 2.26. The molecular formula is C17H12Cl2N2O3S2. The van der Waals surface area contributed by atoms with Gasteiger partial charge in [0.15, 0.2) is 0 Å². The smallest absolute Gasteiger partial charge is 0.293 e. The van der Waals surface area contributed by atoms with Crippen LogP contribution in [0.15, 0.2) is 41.3 Å². The number of nitrogens with one attached hydrogen (secondary N) is 1. The van der Waals surface area contributed by atoms with Gasteiger partial charge in [0, 0.05) is 13.1 Å². The molecule has 1 aromatic carbocycles. The molecule has 0 saturated carbocycles. The van der Waals surface area contributed by atoms with E-state index in [1.807, 2.05) is 30.3 Å². The topological polar surface area (TPSA) is 66.5 Å². The van der Waals surface area contributed by atoms with Crippen molar-refractivity contribution in [3.8, 4) is 0 Å². The first-order chi connectivity index (χ1) is 12.5. The SMILES string of the molecule is O=C(NCCN1C(=O)S/C(=C\c2ccccc2)C1=O)c1cc(Cl)sc1Cl. The van der Waals surface area contributed by atoms with Crippen LogP contribution in [0.1, 0.15) is 15.9 Å². The van der Waals surface area contributed by atoms with Crippen LogP contribution in [0, 0.1) is 0 Å². The van der Waals surface area contributed by atoms with E-state index in [1.54, 1.807) is 6.08 Å². The van der Waals surface area contributed by atoms with Gasteiger partial charge >= 0.3 is 0 Å². The lowest BCUT2D eigenvalue weighted by Gasteiger charge is -2.12. The number of thiophene rings is 1. The zero-order chi connectivity index (χ0) is 18.7. The van der Waals surface area contributed by atoms with E-state index in [1.165, 1.54) is 6.07 Å². The molecule has 134 valence electrons. The largest absolute Gasteiger partial charge is 0.350 e. The number of carbonyl (C=O) groups excluding carboxylic acids is 3. The summed E-state index contributed by atoms with van der Waals surface area (Å²) < 4.78 is 0.710. The van der Waals surface area contributed by atoms with E-state index in [2.05, 4.69) is 5.32 Å². The van der Waals surface area contributed by atoms with Gasteiger partial charge in [0.05, 0.1) is 14.8 Å². The highest BCUT2D eigenvalue weighted by atomic mass is 35.5. The highest BCUT2D eigenvalue weighted by Crippen LogP contribution is 2.32. The normalized spacial score (nSPS) is 15.8. The van der Waals surface area contributed by atoms with Crippen LogP contribution in [0.2, 0.25) is 8.67 Å². The minimum Gasteiger partial charge on any atom is -0.350 e. The van der Waals surface area contributed by atoms with Crippen molar-refractivity contribution in [2.24, 2.45) is 0 Å². The number of amides is 3. The minimum absolute atomic E-state index is 0.0814. The summed E-state index contributed by atoms with van der Waals surface area (Å²) in [5, 5.41) is 2.28. The summed E-state index contributed by atoms with van der Waals surface area (Å²) in [7, 11) is 0. The second-order valence-corrected chi connectivity index (χ2v) is 8.52. The molecule has 1 saturated heterocycles. The second kappa shape index (κ2) is 8.26. The highest BCUT2D eigenvalue weighted by Gasteiger charge is 2.34. The summed E-state index contributed by atoms with van der Waals surface area (Å²) in [6, 6.07) is 10.8. The van der Waals surface area contributed by atoms with Crippen molar-refractivity contribution in [1.29, 1.82) is 0 Å². The van der Waals surface area contributed by atoms with E-state index < -0.39 is 5.91 Å². The van der Waals surface area contributed by atoms with Gasteiger partial charge in [-0.25, -0.2) is 0 Å². The Hall–Kier alpha value is -1.80. The van der Waals surface area contributed by atoms with Gasteiger partial charge in [0.2, 0.25) is 0 Å². The van der Waals surface area contributed by atoms with Gasteiger partial charge in [-0.1, -0.05) is 53.5 Å². The van der Waals surface area contributed by atoms with Crippen LogP contribution < -0.4 is 5.32 Å². The highest BCUT2D eigenvalue weighted by molar-refractivity contribution is 8.18. The predicted octanol–water partition coefficient (Wildman–Crippen LogP) is 4.52. The Kier molecular flexibility index (Phi) is 6.03. The fourth-order valence-corrected chi connectivity index (χ4v) is 4.59. The molecule has 2 heterocycles. The maximum Gasteiger partial charge on any atom is 0.293 e. The van der Waals surface area contributed by atoms with Crippen LogP contribution in [-0.4, -0.2) is 35.0 Å². The van der Waals surface area contributed by atoms with Crippen molar-refractivity contribution in [3.05, 3.63) is 61.1 Å². The molecule has 1 fully saturated rings. The third-order valence-electron chi connectivity index (χ3n) is 3.49. The first-order valence-electron chi connectivity index (χ1n) is 7.49. The van der Waals surface area contributed by atoms with E-state index in [9.17, 15) is 14.4 Å². The minimum atomic E-state index is -0.398. The molecule has 26 heavy (non-hydrogen) atoms. The molecule has 2 aromatic rings. The predicted molar refractivity (Wildman–Crippen MR) is 106 cm³/mol. The zero-order valence-electron chi connectivity index (χ0n) is 13.2. The van der Waals surface area contributed by atoms with E-state index in [0.717, 1.165) is 33.6 Å². The van der Waals surface area contributed by atoms with E-state index in [4.69, 9.17) is 23.2 Å². The lowest BCUT2D eigenvalue weighted by Crippen LogP contribution is -2.37. The molecule has 0 atom stereocenters. The van der Waals surface area contributed by atoms with Gasteiger partial charge in [-0.05, 0) is 29.5 Å². The Morgan fingerprint density at radius 1 is 1.19 bits per heavy atom. The van der Waals surface area contributed by atoms with Crippen molar-refractivity contribution in [3.63, 3.8) is 0 Å². The number of imide groups is 1. The van der Waals surface area contributed by atoms with Crippen LogP contribution in [0.25, 0.3) is 6.08 Å².